The van der Waals surface area contributed by atoms with Crippen LogP contribution in [0.15, 0.2) is 24.3 Å². The van der Waals surface area contributed by atoms with Crippen molar-refractivity contribution in [2.24, 2.45) is 5.92 Å². The van der Waals surface area contributed by atoms with Crippen LogP contribution in [-0.4, -0.2) is 47.8 Å². The first-order valence-electron chi connectivity index (χ1n) is 7.73. The minimum absolute atomic E-state index is 0.0252. The van der Waals surface area contributed by atoms with E-state index < -0.39 is 0 Å². The normalized spacial score (nSPS) is 15.5. The summed E-state index contributed by atoms with van der Waals surface area (Å²) in [6, 6.07) is 6.50. The Morgan fingerprint density at radius 2 is 1.78 bits per heavy atom. The Hall–Kier alpha value is -1.95. The Morgan fingerprint density at radius 3 is 2.39 bits per heavy atom. The number of thiophene rings is 1. The van der Waals surface area contributed by atoms with E-state index in [1.54, 1.807) is 21.9 Å². The molecule has 2 amide bonds. The third-order valence-corrected chi connectivity index (χ3v) is 5.18. The van der Waals surface area contributed by atoms with Gasteiger partial charge in [0.1, 0.15) is 5.82 Å². The first-order valence-corrected chi connectivity index (χ1v) is 8.55. The average molecular weight is 334 g/mol. The molecule has 1 aliphatic rings. The van der Waals surface area contributed by atoms with Crippen LogP contribution in [-0.2, 0) is 4.79 Å². The third-order valence-electron chi connectivity index (χ3n) is 4.09. The lowest BCUT2D eigenvalue weighted by molar-refractivity contribution is -0.135. The van der Waals surface area contributed by atoms with Crippen LogP contribution in [0.4, 0.5) is 4.39 Å². The maximum absolute atomic E-state index is 13.8. The van der Waals surface area contributed by atoms with E-state index in [1.807, 2.05) is 19.9 Å². The van der Waals surface area contributed by atoms with Crippen molar-refractivity contribution in [2.75, 3.05) is 26.2 Å². The molecular weight excluding hydrogens is 315 g/mol. The fraction of sp³-hybridized carbons (Fsp3) is 0.412. The summed E-state index contributed by atoms with van der Waals surface area (Å²) in [4.78, 5) is 28.7. The molecule has 0 bridgehead atoms. The molecule has 2 heterocycles. The highest BCUT2D eigenvalue weighted by atomic mass is 32.1. The lowest BCUT2D eigenvalue weighted by Gasteiger charge is -2.35. The van der Waals surface area contributed by atoms with E-state index in [9.17, 15) is 14.0 Å². The van der Waals surface area contributed by atoms with Crippen LogP contribution in [0.1, 0.15) is 23.5 Å². The van der Waals surface area contributed by atoms with Gasteiger partial charge in [-0.1, -0.05) is 19.9 Å². The second-order valence-corrected chi connectivity index (χ2v) is 7.12. The van der Waals surface area contributed by atoms with Gasteiger partial charge in [-0.15, -0.1) is 11.3 Å². The highest BCUT2D eigenvalue weighted by molar-refractivity contribution is 7.20. The minimum Gasteiger partial charge on any atom is -0.339 e. The van der Waals surface area contributed by atoms with E-state index in [1.165, 1.54) is 17.4 Å². The Bertz CT molecular complexity index is 748. The Kier molecular flexibility index (Phi) is 4.35. The molecule has 0 spiro atoms. The van der Waals surface area contributed by atoms with Gasteiger partial charge in [0.2, 0.25) is 5.91 Å². The van der Waals surface area contributed by atoms with Gasteiger partial charge >= 0.3 is 0 Å². The van der Waals surface area contributed by atoms with Crippen LogP contribution in [0.2, 0.25) is 0 Å². The smallest absolute Gasteiger partial charge is 0.264 e. The maximum atomic E-state index is 13.8. The number of amides is 2. The van der Waals surface area contributed by atoms with Gasteiger partial charge in [-0.25, -0.2) is 4.39 Å². The number of piperazine rings is 1. The van der Waals surface area contributed by atoms with Crippen LogP contribution in [0, 0.1) is 11.7 Å². The average Bonchev–Trinajstić information content (AvgIpc) is 2.99. The molecule has 2 aromatic rings. The quantitative estimate of drug-likeness (QED) is 0.847. The zero-order valence-electron chi connectivity index (χ0n) is 13.2. The Labute approximate surface area is 138 Å². The first-order chi connectivity index (χ1) is 11.0. The fourth-order valence-electron chi connectivity index (χ4n) is 2.78. The predicted octanol–water partition coefficient (Wildman–Crippen LogP) is 2.98. The zero-order valence-corrected chi connectivity index (χ0v) is 14.0. The summed E-state index contributed by atoms with van der Waals surface area (Å²) in [5.74, 6) is -0.281. The van der Waals surface area contributed by atoms with Gasteiger partial charge in [0, 0.05) is 42.2 Å². The molecule has 122 valence electrons. The van der Waals surface area contributed by atoms with Crippen molar-refractivity contribution >= 4 is 33.2 Å². The van der Waals surface area contributed by atoms with E-state index in [0.717, 1.165) is 4.70 Å². The van der Waals surface area contributed by atoms with Crippen LogP contribution in [0.3, 0.4) is 0 Å². The molecule has 0 radical (unpaired) electrons. The van der Waals surface area contributed by atoms with E-state index in [2.05, 4.69) is 0 Å². The monoisotopic (exact) mass is 334 g/mol. The summed E-state index contributed by atoms with van der Waals surface area (Å²) in [7, 11) is 0. The predicted molar refractivity (Wildman–Crippen MR) is 89.1 cm³/mol. The van der Waals surface area contributed by atoms with Crippen LogP contribution in [0.5, 0.6) is 0 Å². The highest BCUT2D eigenvalue weighted by Gasteiger charge is 2.26. The molecule has 1 aromatic heterocycles. The van der Waals surface area contributed by atoms with Crippen LogP contribution < -0.4 is 0 Å². The molecular formula is C17H19FN2O2S. The highest BCUT2D eigenvalue weighted by Crippen LogP contribution is 2.28. The topological polar surface area (TPSA) is 40.6 Å². The summed E-state index contributed by atoms with van der Waals surface area (Å²) in [6.45, 7) is 5.92. The molecule has 0 N–H and O–H groups in total. The number of hydrogen-bond donors (Lipinski definition) is 0. The van der Waals surface area contributed by atoms with Crippen molar-refractivity contribution in [3.63, 3.8) is 0 Å². The van der Waals surface area contributed by atoms with Gasteiger partial charge in [0.25, 0.3) is 5.91 Å². The first kappa shape index (κ1) is 15.9. The summed E-state index contributed by atoms with van der Waals surface area (Å²) in [6.07, 6.45) is 0. The van der Waals surface area contributed by atoms with E-state index in [-0.39, 0.29) is 23.5 Å². The third kappa shape index (κ3) is 3.08. The fourth-order valence-corrected chi connectivity index (χ4v) is 3.82. The summed E-state index contributed by atoms with van der Waals surface area (Å²) < 4.78 is 14.5. The molecule has 3 rings (SSSR count). The van der Waals surface area contributed by atoms with Gasteiger partial charge in [-0.3, -0.25) is 9.59 Å². The maximum Gasteiger partial charge on any atom is 0.264 e. The van der Waals surface area contributed by atoms with Crippen molar-refractivity contribution < 1.29 is 14.0 Å². The van der Waals surface area contributed by atoms with E-state index in [0.29, 0.717) is 36.4 Å². The molecule has 0 aliphatic carbocycles. The lowest BCUT2D eigenvalue weighted by Crippen LogP contribution is -2.51. The summed E-state index contributed by atoms with van der Waals surface area (Å²) >= 11 is 1.31. The second-order valence-electron chi connectivity index (χ2n) is 6.03. The standard InChI is InChI=1S/C17H19FN2O2S/c1-11(2)16(21)19-6-8-20(9-7-19)17(22)15-10-12-13(18)4-3-5-14(12)23-15/h3-5,10-11H,6-9H2,1-2H3. The number of rotatable bonds is 2. The number of carbonyl (C=O) groups is 2. The van der Waals surface area contributed by atoms with Crippen LogP contribution >= 0.6 is 11.3 Å². The number of halogens is 1. The summed E-state index contributed by atoms with van der Waals surface area (Å²) in [5.41, 5.74) is 0. The number of carbonyl (C=O) groups excluding carboxylic acids is 2. The number of nitrogens with zero attached hydrogens (tertiary/aromatic N) is 2. The molecule has 0 unspecified atom stereocenters. The lowest BCUT2D eigenvalue weighted by atomic mass is 10.1. The Morgan fingerprint density at radius 1 is 1.13 bits per heavy atom. The van der Waals surface area contributed by atoms with Gasteiger partial charge in [0.15, 0.2) is 0 Å². The van der Waals surface area contributed by atoms with Gasteiger partial charge in [-0.05, 0) is 18.2 Å². The van der Waals surface area contributed by atoms with Gasteiger partial charge < -0.3 is 9.80 Å². The minimum atomic E-state index is -0.301. The summed E-state index contributed by atoms with van der Waals surface area (Å²) in [5, 5.41) is 0.495. The second kappa shape index (κ2) is 6.28. The molecule has 1 aromatic carbocycles. The largest absolute Gasteiger partial charge is 0.339 e. The molecule has 23 heavy (non-hydrogen) atoms. The van der Waals surface area contributed by atoms with Crippen molar-refractivity contribution in [1.82, 2.24) is 9.80 Å². The number of fused-ring (bicyclic) bond motifs is 1. The Balaban J connectivity index is 1.71. The molecule has 1 saturated heterocycles. The number of benzene rings is 1. The van der Waals surface area contributed by atoms with E-state index >= 15 is 0 Å². The SMILES string of the molecule is CC(C)C(=O)N1CCN(C(=O)c2cc3c(F)cccc3s2)CC1. The molecule has 0 saturated carbocycles. The van der Waals surface area contributed by atoms with Gasteiger partial charge in [0.05, 0.1) is 4.88 Å². The van der Waals surface area contributed by atoms with E-state index in [4.69, 9.17) is 0 Å². The zero-order chi connectivity index (χ0) is 16.6. The number of hydrogen-bond acceptors (Lipinski definition) is 3. The van der Waals surface area contributed by atoms with Crippen molar-refractivity contribution in [3.05, 3.63) is 35.0 Å². The van der Waals surface area contributed by atoms with Crippen molar-refractivity contribution in [1.29, 1.82) is 0 Å². The van der Waals surface area contributed by atoms with Crippen molar-refractivity contribution in [3.8, 4) is 0 Å². The molecule has 1 fully saturated rings. The van der Waals surface area contributed by atoms with Gasteiger partial charge in [-0.2, -0.15) is 0 Å². The van der Waals surface area contributed by atoms with Crippen molar-refractivity contribution in [2.45, 2.75) is 13.8 Å². The molecule has 1 aliphatic heterocycles. The molecule has 0 atom stereocenters. The molecule has 4 nitrogen and oxygen atoms in total. The van der Waals surface area contributed by atoms with Crippen LogP contribution in [0.25, 0.3) is 10.1 Å². The molecule has 6 heteroatoms.